The van der Waals surface area contributed by atoms with Crippen LogP contribution in [0.4, 0.5) is 0 Å². The van der Waals surface area contributed by atoms with Crippen LogP contribution in [0.2, 0.25) is 0 Å². The highest BCUT2D eigenvalue weighted by atomic mass is 32.2. The second-order valence-corrected chi connectivity index (χ2v) is 11.1. The van der Waals surface area contributed by atoms with Crippen LogP contribution in [-0.4, -0.2) is 52.4 Å². The van der Waals surface area contributed by atoms with Crippen molar-refractivity contribution in [1.29, 1.82) is 0 Å². The third-order valence-corrected chi connectivity index (χ3v) is 7.78. The van der Waals surface area contributed by atoms with Crippen LogP contribution in [0.5, 0.6) is 0 Å². The molecule has 0 bridgehead atoms. The van der Waals surface area contributed by atoms with E-state index < -0.39 is 19.7 Å². The van der Waals surface area contributed by atoms with Gasteiger partial charge in [-0.3, -0.25) is 0 Å². The first-order valence-electron chi connectivity index (χ1n) is 7.79. The zero-order valence-electron chi connectivity index (χ0n) is 13.3. The van der Waals surface area contributed by atoms with Gasteiger partial charge in [0.25, 0.3) is 0 Å². The molecule has 7 heteroatoms. The van der Waals surface area contributed by atoms with Gasteiger partial charge in [-0.1, -0.05) is 20.8 Å². The van der Waals surface area contributed by atoms with Crippen molar-refractivity contribution in [1.82, 2.24) is 5.32 Å². The largest absolute Gasteiger partial charge is 0.314 e. The van der Waals surface area contributed by atoms with Crippen LogP contribution in [-0.2, 0) is 19.7 Å². The van der Waals surface area contributed by atoms with Gasteiger partial charge in [-0.25, -0.2) is 16.8 Å². The molecule has 1 aliphatic rings. The normalized spacial score (nSPS) is 23.5. The fraction of sp³-hybridized carbons (Fsp3) is 1.00. The summed E-state index contributed by atoms with van der Waals surface area (Å²) in [6.45, 7) is 6.55. The molecule has 0 aromatic heterocycles. The molecule has 0 aromatic carbocycles. The molecule has 1 heterocycles. The third-order valence-electron chi connectivity index (χ3n) is 4.19. The summed E-state index contributed by atoms with van der Waals surface area (Å²) in [4.78, 5) is 0. The second kappa shape index (κ2) is 7.92. The van der Waals surface area contributed by atoms with Crippen molar-refractivity contribution < 1.29 is 16.8 Å². The van der Waals surface area contributed by atoms with E-state index in [0.717, 1.165) is 13.0 Å². The zero-order chi connectivity index (χ0) is 16.1. The Bertz CT molecular complexity index is 511. The topological polar surface area (TPSA) is 80.3 Å². The molecule has 0 aliphatic carbocycles. The minimum Gasteiger partial charge on any atom is -0.314 e. The SMILES string of the molecule is CCS(=O)(=O)CCCC(CNC(C)C)C1CCS(=O)(=O)C1. The standard InChI is InChI=1S/C14H29NO4S2/c1-4-20(16,17)8-5-6-13(10-15-12(2)3)14-7-9-21(18,19)11-14/h12-15H,4-11H2,1-3H3. The Morgan fingerprint density at radius 1 is 1.29 bits per heavy atom. The van der Waals surface area contributed by atoms with Gasteiger partial charge in [0.15, 0.2) is 9.84 Å². The van der Waals surface area contributed by atoms with Gasteiger partial charge in [-0.05, 0) is 37.6 Å². The summed E-state index contributed by atoms with van der Waals surface area (Å²) < 4.78 is 46.4. The van der Waals surface area contributed by atoms with Crippen molar-refractivity contribution in [3.8, 4) is 0 Å². The highest BCUT2D eigenvalue weighted by molar-refractivity contribution is 7.91. The molecule has 1 N–H and O–H groups in total. The first-order valence-corrected chi connectivity index (χ1v) is 11.4. The van der Waals surface area contributed by atoms with Crippen LogP contribution in [0.3, 0.4) is 0 Å². The lowest BCUT2D eigenvalue weighted by Gasteiger charge is -2.24. The fourth-order valence-electron chi connectivity index (χ4n) is 2.80. The molecule has 0 saturated carbocycles. The van der Waals surface area contributed by atoms with Crippen molar-refractivity contribution in [3.63, 3.8) is 0 Å². The Labute approximate surface area is 129 Å². The summed E-state index contributed by atoms with van der Waals surface area (Å²) in [5.74, 6) is 1.35. The lowest BCUT2D eigenvalue weighted by atomic mass is 9.88. The highest BCUT2D eigenvalue weighted by Crippen LogP contribution is 2.29. The second-order valence-electron chi connectivity index (χ2n) is 6.36. The maximum Gasteiger partial charge on any atom is 0.150 e. The average molecular weight is 340 g/mol. The van der Waals surface area contributed by atoms with Crippen LogP contribution < -0.4 is 5.32 Å². The van der Waals surface area contributed by atoms with Gasteiger partial charge in [-0.15, -0.1) is 0 Å². The number of sulfone groups is 2. The van der Waals surface area contributed by atoms with E-state index in [9.17, 15) is 16.8 Å². The molecular formula is C14H29NO4S2. The summed E-state index contributed by atoms with van der Waals surface area (Å²) in [6.07, 6.45) is 2.11. The lowest BCUT2D eigenvalue weighted by Crippen LogP contribution is -2.33. The van der Waals surface area contributed by atoms with E-state index >= 15 is 0 Å². The molecule has 126 valence electrons. The number of nitrogens with one attached hydrogen (secondary N) is 1. The predicted molar refractivity (Wildman–Crippen MR) is 87.0 cm³/mol. The maximum atomic E-state index is 11.6. The van der Waals surface area contributed by atoms with E-state index in [1.807, 2.05) is 0 Å². The summed E-state index contributed by atoms with van der Waals surface area (Å²) >= 11 is 0. The zero-order valence-corrected chi connectivity index (χ0v) is 15.0. The Balaban J connectivity index is 2.57. The molecule has 0 aromatic rings. The Morgan fingerprint density at radius 3 is 2.43 bits per heavy atom. The van der Waals surface area contributed by atoms with Crippen molar-refractivity contribution in [2.45, 2.75) is 46.1 Å². The number of hydrogen-bond acceptors (Lipinski definition) is 5. The van der Waals surface area contributed by atoms with Gasteiger partial charge in [-0.2, -0.15) is 0 Å². The lowest BCUT2D eigenvalue weighted by molar-refractivity contribution is 0.314. The molecule has 0 radical (unpaired) electrons. The molecular weight excluding hydrogens is 310 g/mol. The van der Waals surface area contributed by atoms with E-state index in [1.54, 1.807) is 6.92 Å². The molecule has 1 fully saturated rings. The molecule has 0 spiro atoms. The number of hydrogen-bond donors (Lipinski definition) is 1. The minimum atomic E-state index is -2.93. The molecule has 0 amide bonds. The van der Waals surface area contributed by atoms with Crippen molar-refractivity contribution >= 4 is 19.7 Å². The van der Waals surface area contributed by atoms with E-state index in [4.69, 9.17) is 0 Å². The highest BCUT2D eigenvalue weighted by Gasteiger charge is 2.33. The number of rotatable bonds is 9. The third kappa shape index (κ3) is 7.10. The summed E-state index contributed by atoms with van der Waals surface area (Å²) in [6, 6.07) is 0.352. The fourth-order valence-corrected chi connectivity index (χ4v) is 5.61. The van der Waals surface area contributed by atoms with E-state index in [2.05, 4.69) is 19.2 Å². The molecule has 5 nitrogen and oxygen atoms in total. The van der Waals surface area contributed by atoms with E-state index in [0.29, 0.717) is 18.9 Å². The quantitative estimate of drug-likeness (QED) is 0.684. The maximum absolute atomic E-state index is 11.6. The first kappa shape index (κ1) is 18.9. The van der Waals surface area contributed by atoms with Crippen LogP contribution >= 0.6 is 0 Å². The molecule has 2 unspecified atom stereocenters. The minimum absolute atomic E-state index is 0.172. The smallest absolute Gasteiger partial charge is 0.150 e. The van der Waals surface area contributed by atoms with Gasteiger partial charge in [0, 0.05) is 11.8 Å². The predicted octanol–water partition coefficient (Wildman–Crippen LogP) is 1.25. The van der Waals surface area contributed by atoms with Gasteiger partial charge >= 0.3 is 0 Å². The van der Waals surface area contributed by atoms with Gasteiger partial charge in [0.05, 0.1) is 17.3 Å². The Hall–Kier alpha value is -0.140. The van der Waals surface area contributed by atoms with Gasteiger partial charge in [0.1, 0.15) is 9.84 Å². The van der Waals surface area contributed by atoms with Crippen LogP contribution in [0.1, 0.15) is 40.0 Å². The Morgan fingerprint density at radius 2 is 1.95 bits per heavy atom. The van der Waals surface area contributed by atoms with Gasteiger partial charge in [0.2, 0.25) is 0 Å². The van der Waals surface area contributed by atoms with Gasteiger partial charge < -0.3 is 5.32 Å². The Kier molecular flexibility index (Phi) is 7.13. The van der Waals surface area contributed by atoms with E-state index in [-0.39, 0.29) is 34.8 Å². The molecule has 1 aliphatic heterocycles. The molecule has 2 atom stereocenters. The summed E-state index contributed by atoms with van der Waals surface area (Å²) in [7, 11) is -5.81. The van der Waals surface area contributed by atoms with Crippen molar-refractivity contribution in [3.05, 3.63) is 0 Å². The van der Waals surface area contributed by atoms with Crippen molar-refractivity contribution in [2.24, 2.45) is 11.8 Å². The molecule has 1 rings (SSSR count). The first-order chi connectivity index (χ1) is 9.65. The van der Waals surface area contributed by atoms with E-state index in [1.165, 1.54) is 0 Å². The average Bonchev–Trinajstić information content (AvgIpc) is 2.73. The molecule has 1 saturated heterocycles. The van der Waals surface area contributed by atoms with Crippen LogP contribution in [0.15, 0.2) is 0 Å². The summed E-state index contributed by atoms with van der Waals surface area (Å²) in [5.41, 5.74) is 0. The molecule has 21 heavy (non-hydrogen) atoms. The monoisotopic (exact) mass is 339 g/mol. The van der Waals surface area contributed by atoms with Crippen LogP contribution in [0, 0.1) is 11.8 Å². The van der Waals surface area contributed by atoms with Crippen LogP contribution in [0.25, 0.3) is 0 Å². The summed E-state index contributed by atoms with van der Waals surface area (Å²) in [5, 5.41) is 3.37. The van der Waals surface area contributed by atoms with Crippen molar-refractivity contribution in [2.75, 3.05) is 29.6 Å².